The summed E-state index contributed by atoms with van der Waals surface area (Å²) in [6, 6.07) is 9.79. The lowest BCUT2D eigenvalue weighted by molar-refractivity contribution is -0.158. The minimum Gasteiger partial charge on any atom is -0.476 e. The van der Waals surface area contributed by atoms with Gasteiger partial charge in [-0.05, 0) is 62.2 Å². The summed E-state index contributed by atoms with van der Waals surface area (Å²) in [5, 5.41) is 3.13. The van der Waals surface area contributed by atoms with Crippen molar-refractivity contribution >= 4 is 23.5 Å². The standard InChI is InChI=1S/C21H21ClF3NO4/c1-20(2,19(28)29-3)30-17-9-4-13(12-16(17)21(23,24)25)10-11-26-18(27)14-5-7-15(22)8-6-14/h4-9,12H,10-11H2,1-3H3,(H,26,27). The highest BCUT2D eigenvalue weighted by Gasteiger charge is 2.38. The zero-order chi connectivity index (χ0) is 22.5. The molecule has 0 saturated carbocycles. The highest BCUT2D eigenvalue weighted by atomic mass is 35.5. The number of ether oxygens (including phenoxy) is 2. The van der Waals surface area contributed by atoms with Crippen molar-refractivity contribution in [1.29, 1.82) is 0 Å². The van der Waals surface area contributed by atoms with Crippen molar-refractivity contribution in [2.75, 3.05) is 13.7 Å². The van der Waals surface area contributed by atoms with Crippen molar-refractivity contribution in [3.05, 3.63) is 64.2 Å². The molecule has 1 N–H and O–H groups in total. The lowest BCUT2D eigenvalue weighted by Gasteiger charge is -2.25. The molecule has 0 aliphatic carbocycles. The summed E-state index contributed by atoms with van der Waals surface area (Å²) in [6.45, 7) is 2.77. The van der Waals surface area contributed by atoms with Crippen LogP contribution >= 0.6 is 11.6 Å². The first-order chi connectivity index (χ1) is 13.9. The van der Waals surface area contributed by atoms with Crippen LogP contribution in [0.5, 0.6) is 5.75 Å². The van der Waals surface area contributed by atoms with E-state index < -0.39 is 29.1 Å². The molecular weight excluding hydrogens is 423 g/mol. The van der Waals surface area contributed by atoms with Crippen LogP contribution in [0.2, 0.25) is 5.02 Å². The number of carbonyl (C=O) groups is 2. The Bertz CT molecular complexity index is 911. The van der Waals surface area contributed by atoms with Gasteiger partial charge in [-0.1, -0.05) is 17.7 Å². The van der Waals surface area contributed by atoms with E-state index >= 15 is 0 Å². The number of hydrogen-bond donors (Lipinski definition) is 1. The van der Waals surface area contributed by atoms with Crippen LogP contribution in [0, 0.1) is 0 Å². The van der Waals surface area contributed by atoms with E-state index in [0.717, 1.165) is 19.2 Å². The Morgan fingerprint density at radius 2 is 1.70 bits per heavy atom. The van der Waals surface area contributed by atoms with E-state index in [0.29, 0.717) is 16.1 Å². The second-order valence-electron chi connectivity index (χ2n) is 6.95. The van der Waals surface area contributed by atoms with E-state index in [-0.39, 0.29) is 18.9 Å². The molecule has 0 aliphatic heterocycles. The zero-order valence-corrected chi connectivity index (χ0v) is 17.4. The maximum atomic E-state index is 13.5. The number of nitrogens with one attached hydrogen (secondary N) is 1. The first-order valence-electron chi connectivity index (χ1n) is 8.95. The highest BCUT2D eigenvalue weighted by Crippen LogP contribution is 2.38. The number of hydrogen-bond acceptors (Lipinski definition) is 4. The lowest BCUT2D eigenvalue weighted by atomic mass is 10.1. The normalized spacial score (nSPS) is 11.7. The van der Waals surface area contributed by atoms with Crippen LogP contribution in [0.3, 0.4) is 0 Å². The SMILES string of the molecule is COC(=O)C(C)(C)Oc1ccc(CCNC(=O)c2ccc(Cl)cc2)cc1C(F)(F)F. The molecule has 2 rings (SSSR count). The molecule has 0 bridgehead atoms. The van der Waals surface area contributed by atoms with Crippen molar-refractivity contribution in [3.8, 4) is 5.75 Å². The number of methoxy groups -OCH3 is 1. The third-order valence-corrected chi connectivity index (χ3v) is 4.45. The third-order valence-electron chi connectivity index (χ3n) is 4.20. The van der Waals surface area contributed by atoms with Gasteiger partial charge in [0.15, 0.2) is 5.60 Å². The van der Waals surface area contributed by atoms with Gasteiger partial charge in [0.1, 0.15) is 5.75 Å². The Labute approximate surface area is 177 Å². The van der Waals surface area contributed by atoms with Crippen molar-refractivity contribution in [2.24, 2.45) is 0 Å². The molecule has 0 aliphatic rings. The van der Waals surface area contributed by atoms with Gasteiger partial charge in [-0.25, -0.2) is 4.79 Å². The summed E-state index contributed by atoms with van der Waals surface area (Å²) in [7, 11) is 1.12. The molecule has 0 saturated heterocycles. The van der Waals surface area contributed by atoms with Gasteiger partial charge in [0.05, 0.1) is 12.7 Å². The van der Waals surface area contributed by atoms with Gasteiger partial charge in [0.2, 0.25) is 0 Å². The second-order valence-corrected chi connectivity index (χ2v) is 7.38. The average molecular weight is 444 g/mol. The van der Waals surface area contributed by atoms with Crippen molar-refractivity contribution in [1.82, 2.24) is 5.32 Å². The largest absolute Gasteiger partial charge is 0.476 e. The van der Waals surface area contributed by atoms with Crippen LogP contribution in [0.15, 0.2) is 42.5 Å². The van der Waals surface area contributed by atoms with E-state index in [1.807, 2.05) is 0 Å². The van der Waals surface area contributed by atoms with Gasteiger partial charge in [-0.2, -0.15) is 13.2 Å². The minimum atomic E-state index is -4.69. The fraction of sp³-hybridized carbons (Fsp3) is 0.333. The van der Waals surface area contributed by atoms with Crippen molar-refractivity contribution in [2.45, 2.75) is 32.0 Å². The van der Waals surface area contributed by atoms with E-state index in [1.165, 1.54) is 19.9 Å². The number of esters is 1. The summed E-state index contributed by atoms with van der Waals surface area (Å²) < 4.78 is 50.4. The van der Waals surface area contributed by atoms with Gasteiger partial charge in [0.25, 0.3) is 5.91 Å². The predicted molar refractivity (Wildman–Crippen MR) is 106 cm³/mol. The van der Waals surface area contributed by atoms with Crippen LogP contribution in [-0.2, 0) is 22.1 Å². The van der Waals surface area contributed by atoms with E-state index in [1.54, 1.807) is 24.3 Å². The molecule has 2 aromatic rings. The molecule has 0 unspecified atom stereocenters. The molecule has 0 aromatic heterocycles. The van der Waals surface area contributed by atoms with Gasteiger partial charge >= 0.3 is 12.1 Å². The summed E-state index contributed by atoms with van der Waals surface area (Å²) in [6.07, 6.45) is -4.52. The van der Waals surface area contributed by atoms with Gasteiger partial charge in [-0.3, -0.25) is 4.79 Å². The molecule has 162 valence electrons. The summed E-state index contributed by atoms with van der Waals surface area (Å²) in [4.78, 5) is 23.8. The molecule has 0 radical (unpaired) electrons. The summed E-state index contributed by atoms with van der Waals surface area (Å²) in [5.41, 5.74) is -1.87. The molecular formula is C21H21ClF3NO4. The number of amides is 1. The fourth-order valence-corrected chi connectivity index (χ4v) is 2.76. The maximum absolute atomic E-state index is 13.5. The summed E-state index contributed by atoms with van der Waals surface area (Å²) in [5.74, 6) is -1.64. The maximum Gasteiger partial charge on any atom is 0.419 e. The Kier molecular flexibility index (Phi) is 7.36. The lowest BCUT2D eigenvalue weighted by Crippen LogP contribution is -2.39. The van der Waals surface area contributed by atoms with Gasteiger partial charge < -0.3 is 14.8 Å². The van der Waals surface area contributed by atoms with Crippen LogP contribution < -0.4 is 10.1 Å². The van der Waals surface area contributed by atoms with E-state index in [2.05, 4.69) is 10.1 Å². The molecule has 0 spiro atoms. The average Bonchev–Trinajstić information content (AvgIpc) is 2.67. The zero-order valence-electron chi connectivity index (χ0n) is 16.6. The molecule has 5 nitrogen and oxygen atoms in total. The molecule has 2 aromatic carbocycles. The Balaban J connectivity index is 2.11. The first-order valence-corrected chi connectivity index (χ1v) is 9.33. The summed E-state index contributed by atoms with van der Waals surface area (Å²) >= 11 is 5.77. The Hall–Kier alpha value is -2.74. The first kappa shape index (κ1) is 23.5. The van der Waals surface area contributed by atoms with Crippen LogP contribution in [0.25, 0.3) is 0 Å². The Morgan fingerprint density at radius 3 is 2.27 bits per heavy atom. The van der Waals surface area contributed by atoms with Gasteiger partial charge in [0, 0.05) is 17.1 Å². The Morgan fingerprint density at radius 1 is 1.07 bits per heavy atom. The number of benzene rings is 2. The van der Waals surface area contributed by atoms with E-state index in [9.17, 15) is 22.8 Å². The fourth-order valence-electron chi connectivity index (χ4n) is 2.63. The topological polar surface area (TPSA) is 64.6 Å². The van der Waals surface area contributed by atoms with Crippen LogP contribution in [0.4, 0.5) is 13.2 Å². The molecule has 1 amide bonds. The van der Waals surface area contributed by atoms with Crippen molar-refractivity contribution in [3.63, 3.8) is 0 Å². The predicted octanol–water partition coefficient (Wildman–Crippen LogP) is 4.66. The highest BCUT2D eigenvalue weighted by molar-refractivity contribution is 6.30. The smallest absolute Gasteiger partial charge is 0.419 e. The van der Waals surface area contributed by atoms with Crippen LogP contribution in [0.1, 0.15) is 35.3 Å². The van der Waals surface area contributed by atoms with Crippen molar-refractivity contribution < 1.29 is 32.2 Å². The van der Waals surface area contributed by atoms with Gasteiger partial charge in [-0.15, -0.1) is 0 Å². The number of alkyl halides is 3. The van der Waals surface area contributed by atoms with Crippen LogP contribution in [-0.4, -0.2) is 31.1 Å². The number of rotatable bonds is 7. The second kappa shape index (κ2) is 9.38. The third kappa shape index (κ3) is 6.13. The monoisotopic (exact) mass is 443 g/mol. The minimum absolute atomic E-state index is 0.132. The molecule has 9 heteroatoms. The quantitative estimate of drug-likeness (QED) is 0.632. The molecule has 30 heavy (non-hydrogen) atoms. The van der Waals surface area contributed by atoms with E-state index in [4.69, 9.17) is 16.3 Å². The number of carbonyl (C=O) groups excluding carboxylic acids is 2. The molecule has 0 fully saturated rings. The molecule has 0 atom stereocenters. The number of halogens is 4. The molecule has 0 heterocycles.